The van der Waals surface area contributed by atoms with Crippen LogP contribution in [-0.4, -0.2) is 44.3 Å². The molecule has 0 saturated carbocycles. The fraction of sp³-hybridized carbons (Fsp3) is 0.692. The van der Waals surface area contributed by atoms with Gasteiger partial charge < -0.3 is 15.0 Å². The lowest BCUT2D eigenvalue weighted by Gasteiger charge is -2.24. The van der Waals surface area contributed by atoms with Gasteiger partial charge in [-0.2, -0.15) is 0 Å². The van der Waals surface area contributed by atoms with E-state index in [0.717, 1.165) is 32.8 Å². The van der Waals surface area contributed by atoms with Gasteiger partial charge in [-0.05, 0) is 35.6 Å². The van der Waals surface area contributed by atoms with Crippen molar-refractivity contribution in [3.63, 3.8) is 0 Å². The maximum Gasteiger partial charge on any atom is 0.0623 e. The number of nitrogens with one attached hydrogen (secondary N) is 1. The number of nitrogens with zero attached hydrogens (tertiary/aromatic N) is 1. The van der Waals surface area contributed by atoms with Crippen molar-refractivity contribution < 1.29 is 4.74 Å². The van der Waals surface area contributed by atoms with E-state index in [-0.39, 0.29) is 0 Å². The maximum atomic E-state index is 5.58. The van der Waals surface area contributed by atoms with E-state index in [1.165, 1.54) is 9.35 Å². The summed E-state index contributed by atoms with van der Waals surface area (Å²) < 4.78 is 6.77. The first kappa shape index (κ1) is 14.5. The van der Waals surface area contributed by atoms with Crippen LogP contribution in [0, 0.1) is 5.92 Å². The van der Waals surface area contributed by atoms with Crippen molar-refractivity contribution >= 4 is 27.3 Å². The summed E-state index contributed by atoms with van der Waals surface area (Å²) in [5.41, 5.74) is 0. The molecule has 0 bridgehead atoms. The smallest absolute Gasteiger partial charge is 0.0623 e. The molecule has 0 spiro atoms. The molecule has 0 radical (unpaired) electrons. The highest BCUT2D eigenvalue weighted by molar-refractivity contribution is 9.10. The Kier molecular flexibility index (Phi) is 5.63. The number of rotatable bonds is 6. The standard InChI is InChI=1S/C13H21BrN2OS/c1-3-15-13-8-17-7-10(13)5-16(2)6-12-4-11(14)9-18-12/h4,9-10,13,15H,3,5-8H2,1-2H3. The Morgan fingerprint density at radius 1 is 1.56 bits per heavy atom. The van der Waals surface area contributed by atoms with Crippen LogP contribution >= 0.6 is 27.3 Å². The van der Waals surface area contributed by atoms with Crippen LogP contribution in [0.5, 0.6) is 0 Å². The molecule has 2 rings (SSSR count). The van der Waals surface area contributed by atoms with Crippen LogP contribution in [0.1, 0.15) is 11.8 Å². The first-order chi connectivity index (χ1) is 8.69. The molecule has 1 fully saturated rings. The van der Waals surface area contributed by atoms with E-state index in [0.29, 0.717) is 12.0 Å². The molecule has 102 valence electrons. The zero-order valence-corrected chi connectivity index (χ0v) is 13.4. The summed E-state index contributed by atoms with van der Waals surface area (Å²) in [4.78, 5) is 3.80. The van der Waals surface area contributed by atoms with Crippen molar-refractivity contribution in [2.75, 3.05) is 33.4 Å². The molecule has 1 aromatic heterocycles. The molecule has 2 unspecified atom stereocenters. The lowest BCUT2D eigenvalue weighted by atomic mass is 10.0. The minimum atomic E-state index is 0.521. The summed E-state index contributed by atoms with van der Waals surface area (Å²) in [5.74, 6) is 0.610. The second kappa shape index (κ2) is 7.01. The van der Waals surface area contributed by atoms with Crippen LogP contribution in [0.2, 0.25) is 0 Å². The van der Waals surface area contributed by atoms with Gasteiger partial charge in [0.1, 0.15) is 0 Å². The van der Waals surface area contributed by atoms with Crippen molar-refractivity contribution in [2.24, 2.45) is 5.92 Å². The van der Waals surface area contributed by atoms with Crippen LogP contribution in [0.4, 0.5) is 0 Å². The van der Waals surface area contributed by atoms with Gasteiger partial charge in [0.25, 0.3) is 0 Å². The Balaban J connectivity index is 1.81. The normalized spacial score (nSPS) is 24.0. The molecule has 0 amide bonds. The lowest BCUT2D eigenvalue weighted by Crippen LogP contribution is -2.40. The number of hydrogen-bond donors (Lipinski definition) is 1. The van der Waals surface area contributed by atoms with Crippen molar-refractivity contribution in [1.82, 2.24) is 10.2 Å². The monoisotopic (exact) mass is 332 g/mol. The molecule has 1 aromatic rings. The molecule has 3 nitrogen and oxygen atoms in total. The summed E-state index contributed by atoms with van der Waals surface area (Å²) >= 11 is 5.31. The predicted octanol–water partition coefficient (Wildman–Crippen LogP) is 2.57. The average Bonchev–Trinajstić information content (AvgIpc) is 2.90. The lowest BCUT2D eigenvalue weighted by molar-refractivity contribution is 0.172. The highest BCUT2D eigenvalue weighted by atomic mass is 79.9. The van der Waals surface area contributed by atoms with Crippen molar-refractivity contribution in [3.05, 3.63) is 20.8 Å². The summed E-state index contributed by atoms with van der Waals surface area (Å²) in [6.07, 6.45) is 0. The predicted molar refractivity (Wildman–Crippen MR) is 80.1 cm³/mol. The van der Waals surface area contributed by atoms with Crippen molar-refractivity contribution in [2.45, 2.75) is 19.5 Å². The summed E-state index contributed by atoms with van der Waals surface area (Å²) in [5, 5.41) is 5.65. The number of hydrogen-bond acceptors (Lipinski definition) is 4. The highest BCUT2D eigenvalue weighted by Gasteiger charge is 2.28. The molecule has 2 atom stereocenters. The molecular weight excluding hydrogens is 312 g/mol. The van der Waals surface area contributed by atoms with Crippen molar-refractivity contribution in [1.29, 1.82) is 0 Å². The van der Waals surface area contributed by atoms with E-state index >= 15 is 0 Å². The quantitative estimate of drug-likeness (QED) is 0.866. The SMILES string of the molecule is CCNC1COCC1CN(C)Cc1cc(Br)cs1. The van der Waals surface area contributed by atoms with Gasteiger partial charge in [0.2, 0.25) is 0 Å². The second-order valence-electron chi connectivity index (χ2n) is 4.89. The first-order valence-corrected chi connectivity index (χ1v) is 8.09. The maximum absolute atomic E-state index is 5.58. The summed E-state index contributed by atoms with van der Waals surface area (Å²) in [6.45, 7) is 7.03. The molecule has 2 heterocycles. The molecule has 0 aromatic carbocycles. The fourth-order valence-corrected chi connectivity index (χ4v) is 3.96. The molecule has 5 heteroatoms. The van der Waals surface area contributed by atoms with Gasteiger partial charge in [-0.1, -0.05) is 6.92 Å². The minimum absolute atomic E-state index is 0.521. The van der Waals surface area contributed by atoms with E-state index in [9.17, 15) is 0 Å². The molecule has 18 heavy (non-hydrogen) atoms. The zero-order chi connectivity index (χ0) is 13.0. The molecule has 1 aliphatic heterocycles. The van der Waals surface area contributed by atoms with E-state index in [4.69, 9.17) is 4.74 Å². The molecule has 1 saturated heterocycles. The van der Waals surface area contributed by atoms with Gasteiger partial charge in [0.05, 0.1) is 13.2 Å². The van der Waals surface area contributed by atoms with Gasteiger partial charge in [-0.3, -0.25) is 0 Å². The van der Waals surface area contributed by atoms with E-state index < -0.39 is 0 Å². The van der Waals surface area contributed by atoms with Gasteiger partial charge in [0, 0.05) is 39.8 Å². The van der Waals surface area contributed by atoms with Gasteiger partial charge >= 0.3 is 0 Å². The number of likely N-dealkylation sites (N-methyl/N-ethyl adjacent to an activating group) is 1. The third-order valence-electron chi connectivity index (χ3n) is 3.26. The first-order valence-electron chi connectivity index (χ1n) is 6.41. The number of halogens is 1. The van der Waals surface area contributed by atoms with Gasteiger partial charge in [0.15, 0.2) is 0 Å². The van der Waals surface area contributed by atoms with Crippen LogP contribution in [-0.2, 0) is 11.3 Å². The van der Waals surface area contributed by atoms with Gasteiger partial charge in [-0.25, -0.2) is 0 Å². The Bertz CT molecular complexity index is 372. The fourth-order valence-electron chi connectivity index (χ4n) is 2.43. The van der Waals surface area contributed by atoms with Gasteiger partial charge in [-0.15, -0.1) is 11.3 Å². The molecular formula is C13H21BrN2OS. The minimum Gasteiger partial charge on any atom is -0.379 e. The average molecular weight is 333 g/mol. The summed E-state index contributed by atoms with van der Waals surface area (Å²) in [6, 6.07) is 2.72. The van der Waals surface area contributed by atoms with Crippen LogP contribution in [0.15, 0.2) is 15.9 Å². The van der Waals surface area contributed by atoms with E-state index in [2.05, 4.69) is 51.6 Å². The largest absolute Gasteiger partial charge is 0.379 e. The third-order valence-corrected chi connectivity index (χ3v) is 4.94. The van der Waals surface area contributed by atoms with Crippen LogP contribution in [0.3, 0.4) is 0 Å². The van der Waals surface area contributed by atoms with Crippen LogP contribution in [0.25, 0.3) is 0 Å². The third kappa shape index (κ3) is 4.03. The molecule has 1 N–H and O–H groups in total. The Hall–Kier alpha value is 0.0600. The topological polar surface area (TPSA) is 24.5 Å². The zero-order valence-electron chi connectivity index (χ0n) is 11.0. The van der Waals surface area contributed by atoms with Crippen molar-refractivity contribution in [3.8, 4) is 0 Å². The Morgan fingerprint density at radius 2 is 2.39 bits per heavy atom. The number of ether oxygens (including phenoxy) is 1. The molecule has 0 aliphatic carbocycles. The molecule has 1 aliphatic rings. The van der Waals surface area contributed by atoms with Crippen LogP contribution < -0.4 is 5.32 Å². The van der Waals surface area contributed by atoms with E-state index in [1.807, 2.05) is 11.3 Å². The Morgan fingerprint density at radius 3 is 3.06 bits per heavy atom. The highest BCUT2D eigenvalue weighted by Crippen LogP contribution is 2.22. The second-order valence-corrected chi connectivity index (χ2v) is 6.80. The number of thiophene rings is 1. The summed E-state index contributed by atoms with van der Waals surface area (Å²) in [7, 11) is 2.19. The van der Waals surface area contributed by atoms with E-state index in [1.54, 1.807) is 0 Å². The Labute approximate surface area is 122 Å².